The highest BCUT2D eigenvalue weighted by molar-refractivity contribution is 5.76. The summed E-state index contributed by atoms with van der Waals surface area (Å²) in [5, 5.41) is 0. The zero-order valence-corrected chi connectivity index (χ0v) is 12.2. The number of nitrogens with two attached hydrogens (primary N) is 1. The molecule has 2 aromatic rings. The van der Waals surface area contributed by atoms with Gasteiger partial charge in [-0.25, -0.2) is 9.97 Å². The van der Waals surface area contributed by atoms with E-state index >= 15 is 0 Å². The van der Waals surface area contributed by atoms with Crippen LogP contribution in [0.3, 0.4) is 0 Å². The summed E-state index contributed by atoms with van der Waals surface area (Å²) in [6.45, 7) is 6.06. The lowest BCUT2D eigenvalue weighted by molar-refractivity contribution is 0.371. The molecule has 1 aromatic heterocycles. The van der Waals surface area contributed by atoms with E-state index in [1.165, 1.54) is 12.8 Å². The third-order valence-corrected chi connectivity index (χ3v) is 4.30. The molecule has 1 aliphatic rings. The van der Waals surface area contributed by atoms with Crippen LogP contribution in [0.25, 0.3) is 11.0 Å². The molecule has 3 rings (SSSR count). The van der Waals surface area contributed by atoms with Crippen molar-refractivity contribution >= 4 is 16.9 Å². The number of piperidine rings is 1. The van der Waals surface area contributed by atoms with Gasteiger partial charge in [0.2, 0.25) is 0 Å². The summed E-state index contributed by atoms with van der Waals surface area (Å²) in [5.74, 6) is 1.59. The predicted molar refractivity (Wildman–Crippen MR) is 82.9 cm³/mol. The summed E-state index contributed by atoms with van der Waals surface area (Å²) in [7, 11) is 0. The minimum atomic E-state index is 0.506. The van der Waals surface area contributed by atoms with Gasteiger partial charge in [-0.1, -0.05) is 12.1 Å². The second-order valence-electron chi connectivity index (χ2n) is 5.80. The predicted octanol–water partition coefficient (Wildman–Crippen LogP) is 2.50. The Morgan fingerprint density at radius 2 is 1.90 bits per heavy atom. The first kappa shape index (κ1) is 13.3. The van der Waals surface area contributed by atoms with Crippen LogP contribution < -0.4 is 10.6 Å². The molecule has 1 saturated heterocycles. The van der Waals surface area contributed by atoms with Gasteiger partial charge in [0.05, 0.1) is 16.7 Å². The van der Waals surface area contributed by atoms with Gasteiger partial charge >= 0.3 is 0 Å². The third kappa shape index (κ3) is 2.36. The van der Waals surface area contributed by atoms with E-state index in [0.29, 0.717) is 12.0 Å². The number of aryl methyl sites for hydroxylation is 1. The first-order chi connectivity index (χ1) is 9.69. The number of aromatic nitrogens is 2. The maximum absolute atomic E-state index is 5.85. The highest BCUT2D eigenvalue weighted by atomic mass is 15.2. The molecule has 106 valence electrons. The molecular formula is C16H22N4. The molecule has 0 spiro atoms. The molecule has 0 radical (unpaired) electrons. The van der Waals surface area contributed by atoms with Crippen LogP contribution in [0.1, 0.15) is 25.5 Å². The molecule has 0 saturated carbocycles. The van der Waals surface area contributed by atoms with Crippen molar-refractivity contribution in [3.8, 4) is 0 Å². The number of para-hydroxylation sites is 2. The number of nitrogens with zero attached hydrogens (tertiary/aromatic N) is 3. The first-order valence-corrected chi connectivity index (χ1v) is 7.39. The molecule has 2 atom stereocenters. The standard InChI is InChI=1S/C16H22N4/c1-11-7-8-13(9-17)10-20(11)16-12(2)18-14-5-3-4-6-15(14)19-16/h3-6,11,13H,7-10,17H2,1-2H3. The van der Waals surface area contributed by atoms with E-state index in [2.05, 4.69) is 11.8 Å². The van der Waals surface area contributed by atoms with Crippen molar-refractivity contribution in [1.82, 2.24) is 9.97 Å². The number of benzene rings is 1. The van der Waals surface area contributed by atoms with E-state index in [1.54, 1.807) is 0 Å². The third-order valence-electron chi connectivity index (χ3n) is 4.30. The summed E-state index contributed by atoms with van der Waals surface area (Å²) < 4.78 is 0. The Balaban J connectivity index is 2.01. The molecule has 0 aliphatic carbocycles. The van der Waals surface area contributed by atoms with Crippen LogP contribution in [0.2, 0.25) is 0 Å². The Labute approximate surface area is 120 Å². The van der Waals surface area contributed by atoms with Crippen LogP contribution in [0.15, 0.2) is 24.3 Å². The summed E-state index contributed by atoms with van der Waals surface area (Å²) in [5.41, 5.74) is 8.80. The van der Waals surface area contributed by atoms with Crippen molar-refractivity contribution in [1.29, 1.82) is 0 Å². The molecule has 20 heavy (non-hydrogen) atoms. The molecule has 1 fully saturated rings. The Bertz CT molecular complexity index is 610. The van der Waals surface area contributed by atoms with E-state index in [4.69, 9.17) is 15.7 Å². The van der Waals surface area contributed by atoms with Gasteiger partial charge in [-0.05, 0) is 51.3 Å². The van der Waals surface area contributed by atoms with Crippen molar-refractivity contribution in [2.75, 3.05) is 18.0 Å². The van der Waals surface area contributed by atoms with Crippen LogP contribution in [0.5, 0.6) is 0 Å². The molecule has 0 amide bonds. The maximum Gasteiger partial charge on any atom is 0.151 e. The Morgan fingerprint density at radius 1 is 1.20 bits per heavy atom. The van der Waals surface area contributed by atoms with Gasteiger partial charge in [0.25, 0.3) is 0 Å². The topological polar surface area (TPSA) is 55.0 Å². The maximum atomic E-state index is 5.85. The number of hydrogen-bond donors (Lipinski definition) is 1. The Kier molecular flexibility index (Phi) is 3.57. The second kappa shape index (κ2) is 5.37. The lowest BCUT2D eigenvalue weighted by Crippen LogP contribution is -2.44. The molecule has 4 heteroatoms. The van der Waals surface area contributed by atoms with Crippen molar-refractivity contribution in [2.24, 2.45) is 11.7 Å². The Morgan fingerprint density at radius 3 is 2.60 bits per heavy atom. The molecule has 1 aromatic carbocycles. The van der Waals surface area contributed by atoms with Gasteiger partial charge in [0.15, 0.2) is 5.82 Å². The van der Waals surface area contributed by atoms with Gasteiger partial charge < -0.3 is 10.6 Å². The van der Waals surface area contributed by atoms with Gasteiger partial charge in [0, 0.05) is 12.6 Å². The molecule has 4 nitrogen and oxygen atoms in total. The zero-order valence-electron chi connectivity index (χ0n) is 12.2. The van der Waals surface area contributed by atoms with E-state index in [1.807, 2.05) is 31.2 Å². The smallest absolute Gasteiger partial charge is 0.151 e. The summed E-state index contributed by atoms with van der Waals surface area (Å²) in [4.78, 5) is 11.9. The van der Waals surface area contributed by atoms with Gasteiger partial charge in [0.1, 0.15) is 0 Å². The summed E-state index contributed by atoms with van der Waals surface area (Å²) in [6, 6.07) is 8.57. The fraction of sp³-hybridized carbons (Fsp3) is 0.500. The molecular weight excluding hydrogens is 248 g/mol. The first-order valence-electron chi connectivity index (χ1n) is 7.39. The number of fused-ring (bicyclic) bond motifs is 1. The highest BCUT2D eigenvalue weighted by Crippen LogP contribution is 2.28. The summed E-state index contributed by atoms with van der Waals surface area (Å²) >= 11 is 0. The number of hydrogen-bond acceptors (Lipinski definition) is 4. The van der Waals surface area contributed by atoms with Crippen molar-refractivity contribution < 1.29 is 0 Å². The van der Waals surface area contributed by atoms with Crippen LogP contribution in [-0.2, 0) is 0 Å². The van der Waals surface area contributed by atoms with E-state index in [-0.39, 0.29) is 0 Å². The normalized spacial score (nSPS) is 23.2. The minimum absolute atomic E-state index is 0.506. The van der Waals surface area contributed by atoms with E-state index in [0.717, 1.165) is 35.6 Å². The lowest BCUT2D eigenvalue weighted by Gasteiger charge is -2.39. The minimum Gasteiger partial charge on any atom is -0.352 e. The fourth-order valence-corrected chi connectivity index (χ4v) is 3.02. The average molecular weight is 270 g/mol. The monoisotopic (exact) mass is 270 g/mol. The van der Waals surface area contributed by atoms with Gasteiger partial charge in [-0.15, -0.1) is 0 Å². The molecule has 2 N–H and O–H groups in total. The largest absolute Gasteiger partial charge is 0.352 e. The summed E-state index contributed by atoms with van der Waals surface area (Å²) in [6.07, 6.45) is 2.39. The average Bonchev–Trinajstić information content (AvgIpc) is 2.47. The van der Waals surface area contributed by atoms with Crippen LogP contribution in [0, 0.1) is 12.8 Å². The van der Waals surface area contributed by atoms with Crippen molar-refractivity contribution in [3.63, 3.8) is 0 Å². The highest BCUT2D eigenvalue weighted by Gasteiger charge is 2.27. The van der Waals surface area contributed by atoms with Crippen LogP contribution in [-0.4, -0.2) is 29.1 Å². The molecule has 0 bridgehead atoms. The number of rotatable bonds is 2. The lowest BCUT2D eigenvalue weighted by atomic mass is 9.93. The Hall–Kier alpha value is -1.68. The molecule has 2 heterocycles. The van der Waals surface area contributed by atoms with E-state index < -0.39 is 0 Å². The SMILES string of the molecule is Cc1nc2ccccc2nc1N1CC(CN)CCC1C. The quantitative estimate of drug-likeness (QED) is 0.911. The number of anilines is 1. The van der Waals surface area contributed by atoms with Crippen LogP contribution in [0.4, 0.5) is 5.82 Å². The van der Waals surface area contributed by atoms with Crippen molar-refractivity contribution in [3.05, 3.63) is 30.0 Å². The zero-order chi connectivity index (χ0) is 14.1. The second-order valence-corrected chi connectivity index (χ2v) is 5.80. The van der Waals surface area contributed by atoms with Crippen molar-refractivity contribution in [2.45, 2.75) is 32.7 Å². The van der Waals surface area contributed by atoms with Crippen LogP contribution >= 0.6 is 0 Å². The molecule has 1 aliphatic heterocycles. The fourth-order valence-electron chi connectivity index (χ4n) is 3.02. The van der Waals surface area contributed by atoms with Gasteiger partial charge in [-0.2, -0.15) is 0 Å². The molecule has 2 unspecified atom stereocenters. The van der Waals surface area contributed by atoms with Gasteiger partial charge in [-0.3, -0.25) is 0 Å². The van der Waals surface area contributed by atoms with E-state index in [9.17, 15) is 0 Å².